The fourth-order valence-corrected chi connectivity index (χ4v) is 9.85. The number of aryl methyl sites for hydroxylation is 1. The minimum atomic E-state index is -1.10. The number of fused-ring (bicyclic) bond motifs is 1. The van der Waals surface area contributed by atoms with E-state index in [1.54, 1.807) is 35.5 Å². The van der Waals surface area contributed by atoms with Crippen LogP contribution in [0.2, 0.25) is 13.1 Å². The molecule has 0 N–H and O–H groups in total. The normalized spacial score (nSPS) is 22.8. The van der Waals surface area contributed by atoms with Crippen LogP contribution in [-0.2, 0) is 24.7 Å². The van der Waals surface area contributed by atoms with Gasteiger partial charge in [0.15, 0.2) is 0 Å². The Hall–Kier alpha value is -0.340. The van der Waals surface area contributed by atoms with Gasteiger partial charge in [0.2, 0.25) is 0 Å². The van der Waals surface area contributed by atoms with Gasteiger partial charge < -0.3 is 29.2 Å². The maximum absolute atomic E-state index is 5.76. The Labute approximate surface area is 185 Å². The Morgan fingerprint density at radius 1 is 1.00 bits per heavy atom. The molecule has 3 heterocycles. The van der Waals surface area contributed by atoms with Gasteiger partial charge in [0.05, 0.1) is 8.07 Å². The summed E-state index contributed by atoms with van der Waals surface area (Å²) in [6.07, 6.45) is 2.30. The van der Waals surface area contributed by atoms with Crippen molar-refractivity contribution >= 4 is 19.3 Å². The minimum absolute atomic E-state index is 0. The summed E-state index contributed by atoms with van der Waals surface area (Å²) < 4.78 is 6.48. The zero-order valence-electron chi connectivity index (χ0n) is 15.8. The second-order valence-electron chi connectivity index (χ2n) is 7.80. The van der Waals surface area contributed by atoms with Crippen molar-refractivity contribution in [3.8, 4) is 0 Å². The SMILES string of the molecule is CC1=C2c3oc(C)cc3C1[Si]2(C)C.CC1=Cc2ccccc2[CH]1[Zr+2].[Cl-].[Cl-]. The first-order valence-corrected chi connectivity index (χ1v) is 13.1. The number of hydrogen-bond acceptors (Lipinski definition) is 1. The van der Waals surface area contributed by atoms with Crippen molar-refractivity contribution in [1.82, 2.24) is 0 Å². The summed E-state index contributed by atoms with van der Waals surface area (Å²) in [5.74, 6) is 2.31. The van der Waals surface area contributed by atoms with Crippen molar-refractivity contribution in [2.45, 2.75) is 43.0 Å². The second-order valence-corrected chi connectivity index (χ2v) is 13.7. The van der Waals surface area contributed by atoms with E-state index >= 15 is 0 Å². The van der Waals surface area contributed by atoms with E-state index in [4.69, 9.17) is 4.42 Å². The smallest absolute Gasteiger partial charge is 1.00 e. The van der Waals surface area contributed by atoms with Crippen molar-refractivity contribution in [2.75, 3.05) is 0 Å². The van der Waals surface area contributed by atoms with Gasteiger partial charge in [-0.3, -0.25) is 0 Å². The van der Waals surface area contributed by atoms with Crippen LogP contribution in [0.5, 0.6) is 0 Å². The molecule has 2 atom stereocenters. The van der Waals surface area contributed by atoms with Gasteiger partial charge in [-0.05, 0) is 25.1 Å². The van der Waals surface area contributed by atoms with Crippen LogP contribution in [0.1, 0.15) is 51.2 Å². The van der Waals surface area contributed by atoms with Gasteiger partial charge in [-0.25, -0.2) is 0 Å². The fourth-order valence-electron chi connectivity index (χ4n) is 4.78. The summed E-state index contributed by atoms with van der Waals surface area (Å²) in [6, 6.07) is 10.9. The van der Waals surface area contributed by atoms with Crippen molar-refractivity contribution in [1.29, 1.82) is 0 Å². The molecular weight excluding hydrogens is 458 g/mol. The maximum atomic E-state index is 5.76. The third-order valence-corrected chi connectivity index (χ3v) is 11.7. The molecule has 2 aromatic rings. The molecule has 2 aliphatic carbocycles. The quantitative estimate of drug-likeness (QED) is 0.482. The van der Waals surface area contributed by atoms with Crippen LogP contribution < -0.4 is 24.8 Å². The Kier molecular flexibility index (Phi) is 6.41. The Morgan fingerprint density at radius 2 is 1.65 bits per heavy atom. The van der Waals surface area contributed by atoms with E-state index < -0.39 is 8.07 Å². The molecule has 0 saturated carbocycles. The number of rotatable bonds is 0. The predicted octanol–water partition coefficient (Wildman–Crippen LogP) is -0.0415. The van der Waals surface area contributed by atoms with Crippen LogP contribution in [0.4, 0.5) is 0 Å². The van der Waals surface area contributed by atoms with Crippen LogP contribution in [0, 0.1) is 6.92 Å². The maximum Gasteiger partial charge on any atom is -1.00 e. The molecule has 1 aromatic heterocycles. The summed E-state index contributed by atoms with van der Waals surface area (Å²) in [5, 5.41) is 1.60. The summed E-state index contributed by atoms with van der Waals surface area (Å²) >= 11 is 1.60. The zero-order valence-corrected chi connectivity index (χ0v) is 20.8. The summed E-state index contributed by atoms with van der Waals surface area (Å²) in [4.78, 5) is 0. The van der Waals surface area contributed by atoms with Gasteiger partial charge in [-0.1, -0.05) is 18.7 Å². The molecule has 0 radical (unpaired) electrons. The summed E-state index contributed by atoms with van der Waals surface area (Å²) in [6.45, 7) is 11.4. The largest absolute Gasteiger partial charge is 1.00 e. The molecule has 26 heavy (non-hydrogen) atoms. The van der Waals surface area contributed by atoms with Crippen LogP contribution in [0.15, 0.2) is 45.9 Å². The van der Waals surface area contributed by atoms with E-state index in [1.165, 1.54) is 28.0 Å². The van der Waals surface area contributed by atoms with Crippen LogP contribution in [-0.4, -0.2) is 8.07 Å². The monoisotopic (exact) mass is 479 g/mol. The van der Waals surface area contributed by atoms with E-state index in [-0.39, 0.29) is 24.8 Å². The average Bonchev–Trinajstić information content (AvgIpc) is 3.15. The molecule has 135 valence electrons. The molecule has 2 bridgehead atoms. The number of halogens is 2. The molecular formula is C21H23Cl2OSiZr. The number of allylic oxidation sites excluding steroid dienone is 2. The molecule has 5 heteroatoms. The van der Waals surface area contributed by atoms with E-state index in [2.05, 4.69) is 63.3 Å². The summed E-state index contributed by atoms with van der Waals surface area (Å²) in [7, 11) is -1.10. The van der Waals surface area contributed by atoms with Crippen molar-refractivity contribution in [3.63, 3.8) is 0 Å². The van der Waals surface area contributed by atoms with Crippen molar-refractivity contribution in [3.05, 3.63) is 69.7 Å². The van der Waals surface area contributed by atoms with Gasteiger partial charge >= 0.3 is 82.3 Å². The van der Waals surface area contributed by atoms with Crippen molar-refractivity contribution < 1.29 is 54.0 Å². The van der Waals surface area contributed by atoms with E-state index in [1.807, 2.05) is 6.92 Å². The van der Waals surface area contributed by atoms with Gasteiger partial charge in [0, 0.05) is 11.1 Å². The van der Waals surface area contributed by atoms with Gasteiger partial charge in [-0.15, -0.1) is 0 Å². The zero-order chi connectivity index (χ0) is 17.2. The van der Waals surface area contributed by atoms with Gasteiger partial charge in [0.1, 0.15) is 11.5 Å². The molecule has 0 saturated heterocycles. The molecule has 2 unspecified atom stereocenters. The Balaban J connectivity index is 0.000000176. The summed E-state index contributed by atoms with van der Waals surface area (Å²) in [5.41, 5.74) is 8.31. The van der Waals surface area contributed by atoms with E-state index in [0.29, 0.717) is 0 Å². The van der Waals surface area contributed by atoms with Crippen LogP contribution in [0.25, 0.3) is 11.3 Å². The minimum Gasteiger partial charge on any atom is -1.00 e. The molecule has 1 aromatic carbocycles. The fraction of sp³-hybridized carbons (Fsp3) is 0.333. The van der Waals surface area contributed by atoms with Gasteiger partial charge in [-0.2, -0.15) is 0 Å². The molecule has 0 fully saturated rings. The molecule has 1 nitrogen and oxygen atoms in total. The number of furan rings is 1. The van der Waals surface area contributed by atoms with E-state index in [9.17, 15) is 0 Å². The molecule has 2 aliphatic heterocycles. The number of benzene rings is 1. The molecule has 0 amide bonds. The standard InChI is InChI=1S/C11H14OSi.C10H9.2ClH.Zr/c1-6-5-8-9(12-6)11-7(2)10(8)13(11,3)4;1-8-6-9-4-2-3-5-10(9)7-8;;;/h5,10H,1-4H3;2-7H,1H3;2*1H;/q;;;;+2/p-2. The topological polar surface area (TPSA) is 13.1 Å². The van der Waals surface area contributed by atoms with Crippen molar-refractivity contribution in [2.24, 2.45) is 0 Å². The molecule has 0 spiro atoms. The second kappa shape index (κ2) is 7.59. The predicted molar refractivity (Wildman–Crippen MR) is 99.1 cm³/mol. The number of hydrogen-bond donors (Lipinski definition) is 0. The third kappa shape index (κ3) is 3.09. The Bertz CT molecular complexity index is 910. The molecule has 4 aliphatic rings. The first kappa shape index (κ1) is 22.0. The van der Waals surface area contributed by atoms with Crippen LogP contribution >= 0.6 is 0 Å². The van der Waals surface area contributed by atoms with Gasteiger partial charge in [0.25, 0.3) is 0 Å². The van der Waals surface area contributed by atoms with Crippen LogP contribution in [0.3, 0.4) is 0 Å². The first-order chi connectivity index (χ1) is 11.3. The first-order valence-electron chi connectivity index (χ1n) is 8.62. The van der Waals surface area contributed by atoms with E-state index in [0.717, 1.165) is 14.9 Å². The third-order valence-electron chi connectivity index (χ3n) is 5.76. The molecule has 6 rings (SSSR count). The Morgan fingerprint density at radius 3 is 2.23 bits per heavy atom. The average molecular weight is 482 g/mol.